The van der Waals surface area contributed by atoms with Crippen molar-refractivity contribution in [2.24, 2.45) is 0 Å². The molecule has 5 rings (SSSR count). The number of halogens is 1. The van der Waals surface area contributed by atoms with Gasteiger partial charge in [0, 0.05) is 35.9 Å². The van der Waals surface area contributed by atoms with Crippen LogP contribution in [0.25, 0.3) is 22.2 Å². The number of nitrogens with one attached hydrogen (secondary N) is 2. The number of pyridine rings is 2. The van der Waals surface area contributed by atoms with E-state index in [-0.39, 0.29) is 17.1 Å². The summed E-state index contributed by atoms with van der Waals surface area (Å²) in [4.78, 5) is 24.0. The van der Waals surface area contributed by atoms with Gasteiger partial charge >= 0.3 is 0 Å². The van der Waals surface area contributed by atoms with Gasteiger partial charge in [0.2, 0.25) is 0 Å². The second-order valence-electron chi connectivity index (χ2n) is 7.41. The number of rotatable bonds is 6. The molecule has 3 aromatic heterocycles. The first-order valence-electron chi connectivity index (χ1n) is 10.4. The first kappa shape index (κ1) is 21.1. The van der Waals surface area contributed by atoms with Crippen LogP contribution >= 0.6 is 0 Å². The molecule has 0 bridgehead atoms. The lowest BCUT2D eigenvalue weighted by atomic mass is 10.1. The van der Waals surface area contributed by atoms with Crippen molar-refractivity contribution in [1.29, 1.82) is 0 Å². The molecule has 0 saturated heterocycles. The van der Waals surface area contributed by atoms with Crippen molar-refractivity contribution in [3.63, 3.8) is 0 Å². The third-order valence-electron chi connectivity index (χ3n) is 5.25. The van der Waals surface area contributed by atoms with Gasteiger partial charge in [-0.3, -0.25) is 9.78 Å². The Hall–Kier alpha value is -4.72. The summed E-state index contributed by atoms with van der Waals surface area (Å²) < 4.78 is 25.6. The van der Waals surface area contributed by atoms with Crippen LogP contribution in [0.1, 0.15) is 10.5 Å². The van der Waals surface area contributed by atoms with Crippen molar-refractivity contribution in [3.8, 4) is 28.4 Å². The molecule has 0 saturated carbocycles. The number of anilines is 1. The highest BCUT2D eigenvalue weighted by Crippen LogP contribution is 2.31. The van der Waals surface area contributed by atoms with E-state index in [1.165, 1.54) is 12.1 Å². The molecule has 0 atom stereocenters. The van der Waals surface area contributed by atoms with E-state index in [4.69, 9.17) is 9.47 Å². The fraction of sp³-hybridized carbons (Fsp3) is 0.0385. The standard InChI is InChI=1S/C26H19FN4O3/c1-33-19-6-2-16(3-7-19)17-4-8-22(30-15-17)26(32)31-18-5-9-24(21(27)14-18)34-23-11-13-29-25-20(23)10-12-28-25/h2-15H,1H3,(H,28,29)(H,31,32). The van der Waals surface area contributed by atoms with Crippen LogP contribution in [0.4, 0.5) is 10.1 Å². The number of aromatic amines is 1. The lowest BCUT2D eigenvalue weighted by molar-refractivity contribution is 0.102. The number of benzene rings is 2. The van der Waals surface area contributed by atoms with Gasteiger partial charge in [-0.1, -0.05) is 18.2 Å². The molecule has 2 aromatic carbocycles. The molecular weight excluding hydrogens is 435 g/mol. The van der Waals surface area contributed by atoms with E-state index in [0.29, 0.717) is 11.4 Å². The lowest BCUT2D eigenvalue weighted by Crippen LogP contribution is -2.13. The van der Waals surface area contributed by atoms with Crippen LogP contribution in [-0.4, -0.2) is 28.0 Å². The van der Waals surface area contributed by atoms with E-state index in [0.717, 1.165) is 22.3 Å². The van der Waals surface area contributed by atoms with Gasteiger partial charge in [-0.15, -0.1) is 0 Å². The van der Waals surface area contributed by atoms with Crippen molar-refractivity contribution in [2.75, 3.05) is 12.4 Å². The van der Waals surface area contributed by atoms with E-state index in [1.807, 2.05) is 24.3 Å². The zero-order chi connectivity index (χ0) is 23.5. The van der Waals surface area contributed by atoms with Crippen LogP contribution in [-0.2, 0) is 0 Å². The predicted molar refractivity (Wildman–Crippen MR) is 127 cm³/mol. The maximum atomic E-state index is 14.7. The van der Waals surface area contributed by atoms with Crippen LogP contribution in [0.15, 0.2) is 85.3 Å². The van der Waals surface area contributed by atoms with Crippen molar-refractivity contribution < 1.29 is 18.7 Å². The predicted octanol–water partition coefficient (Wildman–Crippen LogP) is 5.82. The molecule has 7 nitrogen and oxygen atoms in total. The smallest absolute Gasteiger partial charge is 0.274 e. The number of aromatic nitrogens is 3. The number of fused-ring (bicyclic) bond motifs is 1. The topological polar surface area (TPSA) is 89.1 Å². The minimum Gasteiger partial charge on any atom is -0.497 e. The maximum absolute atomic E-state index is 14.7. The molecule has 8 heteroatoms. The van der Waals surface area contributed by atoms with Crippen molar-refractivity contribution in [3.05, 3.63) is 96.8 Å². The van der Waals surface area contributed by atoms with Crippen molar-refractivity contribution in [1.82, 2.24) is 15.0 Å². The summed E-state index contributed by atoms with van der Waals surface area (Å²) >= 11 is 0. The molecule has 5 aromatic rings. The molecule has 0 aliphatic heterocycles. The van der Waals surface area contributed by atoms with Gasteiger partial charge in [-0.2, -0.15) is 0 Å². The molecular formula is C26H19FN4O3. The van der Waals surface area contributed by atoms with Crippen molar-refractivity contribution >= 4 is 22.6 Å². The van der Waals surface area contributed by atoms with Gasteiger partial charge in [0.15, 0.2) is 11.6 Å². The van der Waals surface area contributed by atoms with Crippen LogP contribution in [0.2, 0.25) is 0 Å². The number of hydrogen-bond donors (Lipinski definition) is 2. The third-order valence-corrected chi connectivity index (χ3v) is 5.25. The molecule has 0 aliphatic rings. The number of ether oxygens (including phenoxy) is 2. The summed E-state index contributed by atoms with van der Waals surface area (Å²) in [6.45, 7) is 0. The summed E-state index contributed by atoms with van der Waals surface area (Å²) in [6.07, 6.45) is 4.93. The van der Waals surface area contributed by atoms with E-state index in [2.05, 4.69) is 20.3 Å². The van der Waals surface area contributed by atoms with Crippen LogP contribution in [0, 0.1) is 5.82 Å². The SMILES string of the molecule is COc1ccc(-c2ccc(C(=O)Nc3ccc(Oc4ccnc5[nH]ccc45)c(F)c3)nc2)cc1. The Bertz CT molecular complexity index is 1460. The fourth-order valence-electron chi connectivity index (χ4n) is 3.48. The normalized spacial score (nSPS) is 10.8. The first-order valence-corrected chi connectivity index (χ1v) is 10.4. The summed E-state index contributed by atoms with van der Waals surface area (Å²) in [6, 6.07) is 18.6. The number of nitrogens with zero attached hydrogens (tertiary/aromatic N) is 2. The Morgan fingerprint density at radius 3 is 2.50 bits per heavy atom. The largest absolute Gasteiger partial charge is 0.497 e. The monoisotopic (exact) mass is 454 g/mol. The van der Waals surface area contributed by atoms with Crippen LogP contribution in [0.5, 0.6) is 17.2 Å². The summed E-state index contributed by atoms with van der Waals surface area (Å²) in [5, 5.41) is 3.40. The fourth-order valence-corrected chi connectivity index (χ4v) is 3.48. The van der Waals surface area contributed by atoms with Crippen LogP contribution in [0.3, 0.4) is 0 Å². The summed E-state index contributed by atoms with van der Waals surface area (Å²) in [7, 11) is 1.61. The minimum absolute atomic E-state index is 0.0358. The average Bonchev–Trinajstić information content (AvgIpc) is 3.36. The van der Waals surface area contributed by atoms with Gasteiger partial charge in [0.1, 0.15) is 22.8 Å². The Labute approximate surface area is 194 Å². The molecule has 0 aliphatic carbocycles. The van der Waals surface area contributed by atoms with Gasteiger partial charge in [-0.25, -0.2) is 9.37 Å². The highest BCUT2D eigenvalue weighted by molar-refractivity contribution is 6.03. The molecule has 0 spiro atoms. The number of hydrogen-bond acceptors (Lipinski definition) is 5. The van der Waals surface area contributed by atoms with Crippen molar-refractivity contribution in [2.45, 2.75) is 0 Å². The zero-order valence-electron chi connectivity index (χ0n) is 18.1. The maximum Gasteiger partial charge on any atom is 0.274 e. The quantitative estimate of drug-likeness (QED) is 0.338. The average molecular weight is 454 g/mol. The molecule has 0 radical (unpaired) electrons. The Kier molecular flexibility index (Phi) is 5.61. The first-order chi connectivity index (χ1) is 16.6. The molecule has 0 fully saturated rings. The van der Waals surface area contributed by atoms with Gasteiger partial charge in [0.05, 0.1) is 12.5 Å². The highest BCUT2D eigenvalue weighted by atomic mass is 19.1. The Morgan fingerprint density at radius 1 is 0.941 bits per heavy atom. The van der Waals surface area contributed by atoms with E-state index in [9.17, 15) is 9.18 Å². The number of H-pyrrole nitrogens is 1. The Morgan fingerprint density at radius 2 is 1.76 bits per heavy atom. The van der Waals surface area contributed by atoms with Gasteiger partial charge in [-0.05, 0) is 48.0 Å². The second kappa shape index (κ2) is 9.03. The molecule has 2 N–H and O–H groups in total. The Balaban J connectivity index is 1.28. The van der Waals surface area contributed by atoms with Gasteiger partial charge in [0.25, 0.3) is 5.91 Å². The second-order valence-corrected chi connectivity index (χ2v) is 7.41. The number of methoxy groups -OCH3 is 1. The highest BCUT2D eigenvalue weighted by Gasteiger charge is 2.13. The molecule has 1 amide bonds. The zero-order valence-corrected chi connectivity index (χ0v) is 18.1. The molecule has 3 heterocycles. The minimum atomic E-state index is -0.610. The molecule has 0 unspecified atom stereocenters. The molecule has 34 heavy (non-hydrogen) atoms. The van der Waals surface area contributed by atoms with Crippen LogP contribution < -0.4 is 14.8 Å². The number of carbonyl (C=O) groups excluding carboxylic acids is 1. The number of amides is 1. The van der Waals surface area contributed by atoms with Gasteiger partial charge < -0.3 is 19.8 Å². The summed E-state index contributed by atoms with van der Waals surface area (Å²) in [5.74, 6) is 0.213. The molecule has 168 valence electrons. The van der Waals surface area contributed by atoms with E-state index < -0.39 is 11.7 Å². The third kappa shape index (κ3) is 4.29. The number of carbonyl (C=O) groups is 1. The summed E-state index contributed by atoms with van der Waals surface area (Å²) in [5.41, 5.74) is 2.96. The van der Waals surface area contributed by atoms with E-state index in [1.54, 1.807) is 56.0 Å². The lowest BCUT2D eigenvalue weighted by Gasteiger charge is -2.10. The van der Waals surface area contributed by atoms with E-state index >= 15 is 0 Å².